The normalized spacial score (nSPS) is 10.9. The summed E-state index contributed by atoms with van der Waals surface area (Å²) in [6.45, 7) is 4.09. The van der Waals surface area contributed by atoms with E-state index in [1.165, 1.54) is 5.69 Å². The number of aromatic nitrogens is 1. The lowest BCUT2D eigenvalue weighted by atomic mass is 10.1. The van der Waals surface area contributed by atoms with E-state index in [2.05, 4.69) is 49.0 Å². The number of nitrogens with one attached hydrogen (secondary N) is 2. The number of benzene rings is 1. The van der Waals surface area contributed by atoms with Crippen LogP contribution in [-0.2, 0) is 20.1 Å². The molecule has 0 saturated carbocycles. The summed E-state index contributed by atoms with van der Waals surface area (Å²) in [5, 5.41) is 5.97. The summed E-state index contributed by atoms with van der Waals surface area (Å²) in [5.74, 6) is 0.740. The Kier molecular flexibility index (Phi) is 9.86. The van der Waals surface area contributed by atoms with Crippen LogP contribution in [0.4, 0.5) is 0 Å². The van der Waals surface area contributed by atoms with Crippen molar-refractivity contribution in [1.82, 2.24) is 20.1 Å². The van der Waals surface area contributed by atoms with Gasteiger partial charge in [0.05, 0.1) is 13.1 Å². The van der Waals surface area contributed by atoms with Crippen molar-refractivity contribution >= 4 is 51.8 Å². The number of aryl methyl sites for hydroxylation is 1. The van der Waals surface area contributed by atoms with E-state index < -0.39 is 0 Å². The van der Waals surface area contributed by atoms with Crippen molar-refractivity contribution in [2.75, 3.05) is 20.6 Å². The third kappa shape index (κ3) is 6.84. The van der Waals surface area contributed by atoms with Crippen molar-refractivity contribution < 1.29 is 4.79 Å². The minimum atomic E-state index is -0.0888. The molecule has 0 saturated heterocycles. The Morgan fingerprint density at radius 3 is 2.67 bits per heavy atom. The molecule has 0 unspecified atom stereocenters. The molecule has 6 nitrogen and oxygen atoms in total. The second kappa shape index (κ2) is 11.3. The van der Waals surface area contributed by atoms with Crippen LogP contribution in [0, 0.1) is 0 Å². The minimum Gasteiger partial charge on any atom is -0.357 e. The molecule has 0 aliphatic rings. The first-order chi connectivity index (χ1) is 12.4. The fourth-order valence-electron chi connectivity index (χ4n) is 2.63. The highest BCUT2D eigenvalue weighted by Crippen LogP contribution is 2.15. The molecule has 1 heterocycles. The average molecular weight is 548 g/mol. The molecule has 1 amide bonds. The molecule has 8 heteroatoms. The van der Waals surface area contributed by atoms with Gasteiger partial charge in [-0.25, -0.2) is 4.99 Å². The monoisotopic (exact) mass is 547 g/mol. The van der Waals surface area contributed by atoms with E-state index in [0.29, 0.717) is 12.1 Å². The Balaban J connectivity index is 0.00000364. The van der Waals surface area contributed by atoms with Gasteiger partial charge in [-0.1, -0.05) is 12.1 Å². The van der Waals surface area contributed by atoms with Gasteiger partial charge in [0.2, 0.25) is 0 Å². The zero-order valence-electron chi connectivity index (χ0n) is 16.1. The molecular formula is C19H27BrIN5O. The number of rotatable bonds is 6. The molecule has 0 atom stereocenters. The topological polar surface area (TPSA) is 61.7 Å². The number of aliphatic imine (C=N–C) groups is 1. The minimum absolute atomic E-state index is 0. The molecule has 0 aliphatic heterocycles. The molecule has 1 aromatic carbocycles. The van der Waals surface area contributed by atoms with Gasteiger partial charge in [-0.05, 0) is 46.6 Å². The number of amides is 1. The van der Waals surface area contributed by atoms with Gasteiger partial charge in [0, 0.05) is 49.6 Å². The van der Waals surface area contributed by atoms with Gasteiger partial charge in [0.15, 0.2) is 5.96 Å². The van der Waals surface area contributed by atoms with Crippen LogP contribution in [0.15, 0.2) is 46.0 Å². The van der Waals surface area contributed by atoms with Gasteiger partial charge >= 0.3 is 0 Å². The molecule has 148 valence electrons. The summed E-state index contributed by atoms with van der Waals surface area (Å²) < 4.78 is 3.16. The number of carbonyl (C=O) groups is 1. The average Bonchev–Trinajstić information content (AvgIpc) is 2.95. The van der Waals surface area contributed by atoms with Gasteiger partial charge in [0.25, 0.3) is 5.91 Å². The SMILES string of the molecule is CCNC(=NCc1cccc(C(=O)NC)c1)N(C)Cc1cc(Br)cn1C.I. The predicted octanol–water partition coefficient (Wildman–Crippen LogP) is 3.36. The van der Waals surface area contributed by atoms with E-state index in [-0.39, 0.29) is 29.9 Å². The maximum Gasteiger partial charge on any atom is 0.251 e. The van der Waals surface area contributed by atoms with Crippen LogP contribution in [0.3, 0.4) is 0 Å². The first-order valence-electron chi connectivity index (χ1n) is 8.55. The maximum atomic E-state index is 11.8. The van der Waals surface area contributed by atoms with Crippen LogP contribution in [0.2, 0.25) is 0 Å². The molecule has 1 aromatic heterocycles. The highest BCUT2D eigenvalue weighted by Gasteiger charge is 2.10. The lowest BCUT2D eigenvalue weighted by molar-refractivity contribution is 0.0963. The van der Waals surface area contributed by atoms with Crippen LogP contribution < -0.4 is 10.6 Å². The summed E-state index contributed by atoms with van der Waals surface area (Å²) in [5.41, 5.74) is 2.83. The largest absolute Gasteiger partial charge is 0.357 e. The van der Waals surface area contributed by atoms with Gasteiger partial charge < -0.3 is 20.1 Å². The Hall–Kier alpha value is -1.55. The van der Waals surface area contributed by atoms with Crippen molar-refractivity contribution in [2.45, 2.75) is 20.0 Å². The standard InChI is InChI=1S/C19H26BrN5O.HI/c1-5-22-19(25(4)13-17-10-16(20)12-24(17)3)23-11-14-7-6-8-15(9-14)18(26)21-2;/h6-10,12H,5,11,13H2,1-4H3,(H,21,26)(H,22,23);1H. The number of halogens is 2. The quantitative estimate of drug-likeness (QED) is 0.331. The van der Waals surface area contributed by atoms with E-state index in [9.17, 15) is 4.79 Å². The summed E-state index contributed by atoms with van der Waals surface area (Å²) in [7, 11) is 5.68. The molecule has 0 spiro atoms. The second-order valence-corrected chi connectivity index (χ2v) is 6.98. The highest BCUT2D eigenvalue weighted by atomic mass is 127. The third-order valence-corrected chi connectivity index (χ3v) is 4.43. The van der Waals surface area contributed by atoms with E-state index in [4.69, 9.17) is 4.99 Å². The fraction of sp³-hybridized carbons (Fsp3) is 0.368. The molecule has 2 rings (SSSR count). The van der Waals surface area contributed by atoms with E-state index in [1.807, 2.05) is 38.5 Å². The lowest BCUT2D eigenvalue weighted by Crippen LogP contribution is -2.38. The Labute approximate surface area is 186 Å². The fourth-order valence-corrected chi connectivity index (χ4v) is 3.20. The number of hydrogen-bond donors (Lipinski definition) is 2. The Morgan fingerprint density at radius 1 is 1.33 bits per heavy atom. The lowest BCUT2D eigenvalue weighted by Gasteiger charge is -2.22. The van der Waals surface area contributed by atoms with Crippen LogP contribution >= 0.6 is 39.9 Å². The first-order valence-corrected chi connectivity index (χ1v) is 9.35. The summed E-state index contributed by atoms with van der Waals surface area (Å²) >= 11 is 3.51. The zero-order valence-corrected chi connectivity index (χ0v) is 20.0. The smallest absolute Gasteiger partial charge is 0.251 e. The highest BCUT2D eigenvalue weighted by molar-refractivity contribution is 14.0. The first kappa shape index (κ1) is 23.5. The number of nitrogens with zero attached hydrogens (tertiary/aromatic N) is 3. The van der Waals surface area contributed by atoms with Gasteiger partial charge in [-0.3, -0.25) is 4.79 Å². The van der Waals surface area contributed by atoms with Crippen molar-refractivity contribution in [3.05, 3.63) is 57.8 Å². The van der Waals surface area contributed by atoms with Crippen LogP contribution in [0.5, 0.6) is 0 Å². The maximum absolute atomic E-state index is 11.8. The predicted molar refractivity (Wildman–Crippen MR) is 125 cm³/mol. The summed E-state index contributed by atoms with van der Waals surface area (Å²) in [6, 6.07) is 9.64. The molecule has 2 N–H and O–H groups in total. The molecule has 0 aliphatic carbocycles. The molecule has 27 heavy (non-hydrogen) atoms. The van der Waals surface area contributed by atoms with Gasteiger partial charge in [-0.15, -0.1) is 24.0 Å². The number of carbonyl (C=O) groups excluding carboxylic acids is 1. The molecule has 0 bridgehead atoms. The van der Waals surface area contributed by atoms with E-state index >= 15 is 0 Å². The van der Waals surface area contributed by atoms with Crippen molar-refractivity contribution in [2.24, 2.45) is 12.0 Å². The van der Waals surface area contributed by atoms with E-state index in [1.54, 1.807) is 13.1 Å². The van der Waals surface area contributed by atoms with Gasteiger partial charge in [-0.2, -0.15) is 0 Å². The summed E-state index contributed by atoms with van der Waals surface area (Å²) in [4.78, 5) is 18.6. The zero-order chi connectivity index (χ0) is 19.1. The van der Waals surface area contributed by atoms with Crippen molar-refractivity contribution in [1.29, 1.82) is 0 Å². The molecular weight excluding hydrogens is 521 g/mol. The number of hydrogen-bond acceptors (Lipinski definition) is 2. The second-order valence-electron chi connectivity index (χ2n) is 6.07. The van der Waals surface area contributed by atoms with E-state index in [0.717, 1.165) is 29.1 Å². The molecule has 2 aromatic rings. The Bertz CT molecular complexity index is 790. The Morgan fingerprint density at radius 2 is 2.07 bits per heavy atom. The van der Waals surface area contributed by atoms with Crippen LogP contribution in [0.1, 0.15) is 28.5 Å². The van der Waals surface area contributed by atoms with Crippen LogP contribution in [0.25, 0.3) is 0 Å². The van der Waals surface area contributed by atoms with Crippen molar-refractivity contribution in [3.8, 4) is 0 Å². The summed E-state index contributed by atoms with van der Waals surface area (Å²) in [6.07, 6.45) is 2.04. The molecule has 0 fully saturated rings. The van der Waals surface area contributed by atoms with Crippen molar-refractivity contribution in [3.63, 3.8) is 0 Å². The number of guanidine groups is 1. The van der Waals surface area contributed by atoms with Gasteiger partial charge in [0.1, 0.15) is 0 Å². The molecule has 0 radical (unpaired) electrons. The third-order valence-electron chi connectivity index (χ3n) is 4.00. The van der Waals surface area contributed by atoms with Crippen LogP contribution in [-0.4, -0.2) is 42.0 Å².